The van der Waals surface area contributed by atoms with Crippen molar-refractivity contribution in [2.45, 2.75) is 13.8 Å². The van der Waals surface area contributed by atoms with E-state index in [-0.39, 0.29) is 50.9 Å². The highest BCUT2D eigenvalue weighted by Crippen LogP contribution is 2.37. The van der Waals surface area contributed by atoms with Gasteiger partial charge in [-0.2, -0.15) is 0 Å². The Bertz CT molecular complexity index is 1000. The quantitative estimate of drug-likeness (QED) is 0.514. The largest absolute Gasteiger partial charge is 0.507 e. The van der Waals surface area contributed by atoms with Gasteiger partial charge in [-0.1, -0.05) is 0 Å². The molecule has 0 atom stereocenters. The summed E-state index contributed by atoms with van der Waals surface area (Å²) in [6, 6.07) is 5.29. The van der Waals surface area contributed by atoms with E-state index in [1.807, 2.05) is 0 Å². The molecular formula is C17H14O6. The Kier molecular flexibility index (Phi) is 3.18. The van der Waals surface area contributed by atoms with Gasteiger partial charge in [-0.25, -0.2) is 0 Å². The zero-order valence-electron chi connectivity index (χ0n) is 12.4. The number of rotatable bonds is 1. The van der Waals surface area contributed by atoms with Gasteiger partial charge in [-0.3, -0.25) is 4.79 Å². The third-order valence-electron chi connectivity index (χ3n) is 3.85. The number of hydrogen-bond acceptors (Lipinski definition) is 6. The van der Waals surface area contributed by atoms with Gasteiger partial charge >= 0.3 is 0 Å². The summed E-state index contributed by atoms with van der Waals surface area (Å²) in [4.78, 5) is 12.5. The third kappa shape index (κ3) is 2.15. The summed E-state index contributed by atoms with van der Waals surface area (Å²) < 4.78 is 5.66. The molecule has 2 aromatic carbocycles. The SMILES string of the molecule is Cc1c(O)cc2oc(-c3ccc(O)c(O)c3)c(C)c(=O)c2c1O. The summed E-state index contributed by atoms with van der Waals surface area (Å²) in [5, 5.41) is 38.9. The fourth-order valence-corrected chi connectivity index (χ4v) is 2.45. The summed E-state index contributed by atoms with van der Waals surface area (Å²) in [6.45, 7) is 3.02. The maximum Gasteiger partial charge on any atom is 0.199 e. The molecule has 0 amide bonds. The number of benzene rings is 2. The van der Waals surface area contributed by atoms with Gasteiger partial charge in [0.2, 0.25) is 0 Å². The molecule has 6 nitrogen and oxygen atoms in total. The number of phenols is 4. The van der Waals surface area contributed by atoms with Crippen molar-refractivity contribution in [2.75, 3.05) is 0 Å². The van der Waals surface area contributed by atoms with Gasteiger partial charge in [0.15, 0.2) is 16.9 Å². The van der Waals surface area contributed by atoms with E-state index in [1.54, 1.807) is 0 Å². The normalized spacial score (nSPS) is 11.0. The van der Waals surface area contributed by atoms with E-state index in [9.17, 15) is 25.2 Å². The van der Waals surface area contributed by atoms with Crippen molar-refractivity contribution in [1.29, 1.82) is 0 Å². The van der Waals surface area contributed by atoms with Gasteiger partial charge in [0.05, 0.1) is 0 Å². The summed E-state index contributed by atoms with van der Waals surface area (Å²) in [6.07, 6.45) is 0. The second kappa shape index (κ2) is 4.95. The van der Waals surface area contributed by atoms with Crippen LogP contribution in [0.5, 0.6) is 23.0 Å². The zero-order valence-corrected chi connectivity index (χ0v) is 12.4. The zero-order chi connectivity index (χ0) is 16.9. The van der Waals surface area contributed by atoms with Crippen LogP contribution in [-0.4, -0.2) is 20.4 Å². The van der Waals surface area contributed by atoms with Gasteiger partial charge in [-0.05, 0) is 32.0 Å². The highest BCUT2D eigenvalue weighted by atomic mass is 16.3. The monoisotopic (exact) mass is 314 g/mol. The number of hydrogen-bond donors (Lipinski definition) is 4. The maximum atomic E-state index is 12.5. The van der Waals surface area contributed by atoms with Crippen LogP contribution >= 0.6 is 0 Å². The molecule has 3 aromatic rings. The smallest absolute Gasteiger partial charge is 0.199 e. The summed E-state index contributed by atoms with van der Waals surface area (Å²) in [5.74, 6) is -0.974. The highest BCUT2D eigenvalue weighted by molar-refractivity contribution is 5.88. The van der Waals surface area contributed by atoms with Crippen molar-refractivity contribution in [3.8, 4) is 34.3 Å². The summed E-state index contributed by atoms with van der Waals surface area (Å²) in [7, 11) is 0. The Morgan fingerprint density at radius 1 is 0.870 bits per heavy atom. The maximum absolute atomic E-state index is 12.5. The first-order valence-electron chi connectivity index (χ1n) is 6.82. The van der Waals surface area contributed by atoms with Crippen LogP contribution in [0.3, 0.4) is 0 Å². The van der Waals surface area contributed by atoms with Gasteiger partial charge in [-0.15, -0.1) is 0 Å². The van der Waals surface area contributed by atoms with Crippen LogP contribution in [0.25, 0.3) is 22.3 Å². The average molecular weight is 314 g/mol. The Labute approximate surface area is 130 Å². The lowest BCUT2D eigenvalue weighted by atomic mass is 10.0. The molecule has 23 heavy (non-hydrogen) atoms. The fraction of sp³-hybridized carbons (Fsp3) is 0.118. The molecule has 0 unspecified atom stereocenters. The second-order valence-electron chi connectivity index (χ2n) is 5.33. The minimum absolute atomic E-state index is 0.00968. The predicted molar refractivity (Wildman–Crippen MR) is 84.1 cm³/mol. The van der Waals surface area contributed by atoms with Gasteiger partial charge in [0.1, 0.15) is 28.2 Å². The second-order valence-corrected chi connectivity index (χ2v) is 5.33. The molecule has 4 N–H and O–H groups in total. The van der Waals surface area contributed by atoms with Crippen molar-refractivity contribution in [3.05, 3.63) is 45.6 Å². The Balaban J connectivity index is 2.40. The molecule has 0 aliphatic rings. The molecule has 118 valence electrons. The van der Waals surface area contributed by atoms with Gasteiger partial charge in [0.25, 0.3) is 0 Å². The molecule has 0 bridgehead atoms. The Hall–Kier alpha value is -3.15. The molecule has 1 heterocycles. The standard InChI is InChI=1S/C17H14O6/c1-7-11(19)6-13-14(15(7)21)16(22)8(2)17(23-13)9-3-4-10(18)12(20)5-9/h3-6,18-21H,1-2H3. The molecule has 0 aliphatic carbocycles. The van der Waals surface area contributed by atoms with Crippen LogP contribution in [0, 0.1) is 13.8 Å². The molecular weight excluding hydrogens is 300 g/mol. The van der Waals surface area contributed by atoms with E-state index in [2.05, 4.69) is 0 Å². The first-order valence-corrected chi connectivity index (χ1v) is 6.82. The van der Waals surface area contributed by atoms with Crippen molar-refractivity contribution >= 4 is 11.0 Å². The van der Waals surface area contributed by atoms with Crippen LogP contribution < -0.4 is 5.43 Å². The van der Waals surface area contributed by atoms with Crippen molar-refractivity contribution in [1.82, 2.24) is 0 Å². The Morgan fingerprint density at radius 3 is 2.22 bits per heavy atom. The lowest BCUT2D eigenvalue weighted by molar-refractivity contribution is 0.404. The van der Waals surface area contributed by atoms with Crippen molar-refractivity contribution in [3.63, 3.8) is 0 Å². The molecule has 1 aromatic heterocycles. The summed E-state index contributed by atoms with van der Waals surface area (Å²) in [5.41, 5.74) is 0.414. The fourth-order valence-electron chi connectivity index (χ4n) is 2.45. The number of aromatic hydroxyl groups is 4. The molecule has 0 aliphatic heterocycles. The molecule has 0 radical (unpaired) electrons. The van der Waals surface area contributed by atoms with Crippen molar-refractivity contribution in [2.24, 2.45) is 0 Å². The molecule has 3 rings (SSSR count). The summed E-state index contributed by atoms with van der Waals surface area (Å²) >= 11 is 0. The van der Waals surface area contributed by atoms with Gasteiger partial charge in [0, 0.05) is 22.8 Å². The van der Waals surface area contributed by atoms with Gasteiger partial charge < -0.3 is 24.8 Å². The van der Waals surface area contributed by atoms with Crippen LogP contribution in [0.4, 0.5) is 0 Å². The molecule has 6 heteroatoms. The minimum atomic E-state index is -0.436. The minimum Gasteiger partial charge on any atom is -0.507 e. The lowest BCUT2D eigenvalue weighted by Crippen LogP contribution is -2.08. The van der Waals surface area contributed by atoms with Crippen LogP contribution in [-0.2, 0) is 0 Å². The van der Waals surface area contributed by atoms with E-state index in [0.717, 1.165) is 0 Å². The van der Waals surface area contributed by atoms with Crippen LogP contribution in [0.1, 0.15) is 11.1 Å². The predicted octanol–water partition coefficient (Wildman–Crippen LogP) is 2.90. The molecule has 0 saturated carbocycles. The highest BCUT2D eigenvalue weighted by Gasteiger charge is 2.19. The number of phenolic OH excluding ortho intramolecular Hbond substituents is 4. The topological polar surface area (TPSA) is 111 Å². The molecule has 0 fully saturated rings. The molecule has 0 saturated heterocycles. The average Bonchev–Trinajstić information content (AvgIpc) is 2.51. The lowest BCUT2D eigenvalue weighted by Gasteiger charge is -2.11. The van der Waals surface area contributed by atoms with E-state index in [4.69, 9.17) is 4.42 Å². The molecule has 0 spiro atoms. The van der Waals surface area contributed by atoms with Crippen molar-refractivity contribution < 1.29 is 24.8 Å². The number of fused-ring (bicyclic) bond motifs is 1. The first kappa shape index (κ1) is 14.8. The van der Waals surface area contributed by atoms with E-state index in [0.29, 0.717) is 5.56 Å². The van der Waals surface area contributed by atoms with E-state index in [1.165, 1.54) is 38.1 Å². The van der Waals surface area contributed by atoms with E-state index >= 15 is 0 Å². The van der Waals surface area contributed by atoms with Crippen LogP contribution in [0.2, 0.25) is 0 Å². The Morgan fingerprint density at radius 2 is 1.57 bits per heavy atom. The third-order valence-corrected chi connectivity index (χ3v) is 3.85. The first-order chi connectivity index (χ1) is 10.8. The van der Waals surface area contributed by atoms with Crippen LogP contribution in [0.15, 0.2) is 33.5 Å². The van der Waals surface area contributed by atoms with E-state index < -0.39 is 5.43 Å².